The number of hydrogen-bond donors (Lipinski definition) is 0. The van der Waals surface area contributed by atoms with Crippen LogP contribution in [0.4, 0.5) is 0 Å². The molecule has 2 aliphatic carbocycles. The molecule has 2 aromatic rings. The first-order valence-corrected chi connectivity index (χ1v) is 10.0. The van der Waals surface area contributed by atoms with Crippen molar-refractivity contribution in [2.24, 2.45) is 0 Å². The third-order valence-corrected chi connectivity index (χ3v) is 6.97. The summed E-state index contributed by atoms with van der Waals surface area (Å²) in [5, 5.41) is 1.43. The summed E-state index contributed by atoms with van der Waals surface area (Å²) in [6, 6.07) is 19.7. The molecule has 0 N–H and O–H groups in total. The zero-order chi connectivity index (χ0) is 15.2. The first-order valence-electron chi connectivity index (χ1n) is 7.35. The molecule has 2 atom stereocenters. The first kappa shape index (κ1) is 14.9. The van der Waals surface area contributed by atoms with Crippen LogP contribution in [0.25, 0.3) is 5.57 Å². The summed E-state index contributed by atoms with van der Waals surface area (Å²) in [7, 11) is 0.778. The fraction of sp³-hybridized carbons (Fsp3) is 0.158. The highest BCUT2D eigenvalue weighted by Gasteiger charge is 2.36. The molecule has 0 saturated carbocycles. The second-order valence-electron chi connectivity index (χ2n) is 5.74. The molecule has 110 valence electrons. The number of fused-ring (bicyclic) bond motifs is 2. The van der Waals surface area contributed by atoms with Crippen LogP contribution < -0.4 is 5.30 Å². The molecule has 2 aliphatic rings. The van der Waals surface area contributed by atoms with Gasteiger partial charge < -0.3 is 0 Å². The van der Waals surface area contributed by atoms with E-state index in [0.29, 0.717) is 5.66 Å². The average molecular weight is 434 g/mol. The van der Waals surface area contributed by atoms with Gasteiger partial charge in [0.1, 0.15) is 3.23 Å². The second-order valence-corrected chi connectivity index (χ2v) is 11.1. The maximum Gasteiger partial charge on any atom is 0.102 e. The topological polar surface area (TPSA) is 0 Å². The van der Waals surface area contributed by atoms with Crippen molar-refractivity contribution in [2.45, 2.75) is 15.3 Å². The van der Waals surface area contributed by atoms with Crippen molar-refractivity contribution < 1.29 is 0 Å². The van der Waals surface area contributed by atoms with Gasteiger partial charge in [0.25, 0.3) is 0 Å². The van der Waals surface area contributed by atoms with Crippen LogP contribution in [0.1, 0.15) is 23.2 Å². The Morgan fingerprint density at radius 2 is 1.68 bits per heavy atom. The van der Waals surface area contributed by atoms with Crippen LogP contribution in [-0.2, 0) is 0 Å². The van der Waals surface area contributed by atoms with E-state index in [1.807, 2.05) is 0 Å². The lowest BCUT2D eigenvalue weighted by Gasteiger charge is -2.26. The SMILES string of the molecule is BrC1(Br)C=CC2=C(C1)C(Pc1ccccc1)c1ccccc12. The van der Waals surface area contributed by atoms with Crippen molar-refractivity contribution in [1.82, 2.24) is 0 Å². The second kappa shape index (κ2) is 5.74. The maximum absolute atomic E-state index is 3.79. The van der Waals surface area contributed by atoms with E-state index in [1.54, 1.807) is 5.57 Å². The zero-order valence-electron chi connectivity index (χ0n) is 11.9. The quantitative estimate of drug-likeness (QED) is 0.405. The number of halogens is 2. The normalized spacial score (nSPS) is 22.2. The molecule has 3 heteroatoms. The fourth-order valence-electron chi connectivity index (χ4n) is 3.29. The fourth-order valence-corrected chi connectivity index (χ4v) is 5.71. The van der Waals surface area contributed by atoms with Gasteiger partial charge in [-0.05, 0) is 34.0 Å². The van der Waals surface area contributed by atoms with Gasteiger partial charge in [0, 0.05) is 5.66 Å². The molecule has 0 radical (unpaired) electrons. The summed E-state index contributed by atoms with van der Waals surface area (Å²) in [6.45, 7) is 0. The van der Waals surface area contributed by atoms with Gasteiger partial charge in [0.15, 0.2) is 0 Å². The van der Waals surface area contributed by atoms with Crippen LogP contribution in [0.2, 0.25) is 0 Å². The zero-order valence-corrected chi connectivity index (χ0v) is 16.1. The van der Waals surface area contributed by atoms with E-state index in [-0.39, 0.29) is 3.23 Å². The Hall–Kier alpha value is -0.690. The molecule has 4 rings (SSSR count). The summed E-state index contributed by atoms with van der Waals surface area (Å²) in [6.07, 6.45) is 5.51. The van der Waals surface area contributed by atoms with Crippen molar-refractivity contribution in [2.75, 3.05) is 0 Å². The Bertz CT molecular complexity index is 775. The highest BCUT2D eigenvalue weighted by atomic mass is 79.9. The van der Waals surface area contributed by atoms with Crippen LogP contribution in [0.15, 0.2) is 72.3 Å². The first-order chi connectivity index (χ1) is 10.6. The maximum atomic E-state index is 3.79. The van der Waals surface area contributed by atoms with Crippen LogP contribution in [-0.4, -0.2) is 3.23 Å². The smallest absolute Gasteiger partial charge is 0.0784 e. The molecule has 0 saturated heterocycles. The molecule has 0 amide bonds. The molecule has 2 unspecified atom stereocenters. The Morgan fingerprint density at radius 1 is 0.955 bits per heavy atom. The third-order valence-electron chi connectivity index (χ3n) is 4.26. The Labute approximate surface area is 149 Å². The highest BCUT2D eigenvalue weighted by molar-refractivity contribution is 9.25. The lowest BCUT2D eigenvalue weighted by molar-refractivity contribution is 0.918. The number of hydrogen-bond acceptors (Lipinski definition) is 0. The molecule has 0 aliphatic heterocycles. The van der Waals surface area contributed by atoms with E-state index < -0.39 is 0 Å². The Balaban J connectivity index is 1.79. The van der Waals surface area contributed by atoms with Gasteiger partial charge in [0.2, 0.25) is 0 Å². The Kier molecular flexibility index (Phi) is 3.88. The Morgan fingerprint density at radius 3 is 2.50 bits per heavy atom. The highest BCUT2D eigenvalue weighted by Crippen LogP contribution is 2.57. The number of alkyl halides is 2. The summed E-state index contributed by atoms with van der Waals surface area (Å²) in [5.41, 5.74) is 6.39. The van der Waals surface area contributed by atoms with Gasteiger partial charge in [-0.25, -0.2) is 0 Å². The van der Waals surface area contributed by atoms with Crippen molar-refractivity contribution in [3.05, 3.63) is 83.4 Å². The van der Waals surface area contributed by atoms with Crippen LogP contribution in [0.5, 0.6) is 0 Å². The minimum atomic E-state index is -0.0969. The summed E-state index contributed by atoms with van der Waals surface area (Å²) in [5.74, 6) is 0. The van der Waals surface area contributed by atoms with Crippen LogP contribution in [0.3, 0.4) is 0 Å². The van der Waals surface area contributed by atoms with Crippen molar-refractivity contribution in [1.29, 1.82) is 0 Å². The summed E-state index contributed by atoms with van der Waals surface area (Å²) >= 11 is 7.57. The van der Waals surface area contributed by atoms with E-state index in [4.69, 9.17) is 0 Å². The van der Waals surface area contributed by atoms with E-state index in [1.165, 1.54) is 22.0 Å². The molecule has 2 aromatic carbocycles. The number of benzene rings is 2. The van der Waals surface area contributed by atoms with Gasteiger partial charge in [-0.3, -0.25) is 0 Å². The molecular formula is C19H15Br2P. The van der Waals surface area contributed by atoms with Crippen molar-refractivity contribution >= 4 is 51.3 Å². The largest absolute Gasteiger partial charge is 0.102 e. The lowest BCUT2D eigenvalue weighted by Crippen LogP contribution is -2.13. The van der Waals surface area contributed by atoms with Gasteiger partial charge in [-0.15, -0.1) is 0 Å². The number of rotatable bonds is 2. The average Bonchev–Trinajstić information content (AvgIpc) is 2.81. The predicted octanol–water partition coefficient (Wildman–Crippen LogP) is 5.94. The molecule has 0 heterocycles. The predicted molar refractivity (Wildman–Crippen MR) is 105 cm³/mol. The molecule has 0 nitrogen and oxygen atoms in total. The molecule has 0 spiro atoms. The van der Waals surface area contributed by atoms with Crippen LogP contribution in [0, 0.1) is 0 Å². The molecule has 0 fully saturated rings. The van der Waals surface area contributed by atoms with E-state index >= 15 is 0 Å². The van der Waals surface area contributed by atoms with E-state index in [2.05, 4.69) is 98.6 Å². The minimum absolute atomic E-state index is 0.0969. The van der Waals surface area contributed by atoms with E-state index in [9.17, 15) is 0 Å². The summed E-state index contributed by atoms with van der Waals surface area (Å²) in [4.78, 5) is 0. The molecular weight excluding hydrogens is 419 g/mol. The third kappa shape index (κ3) is 2.66. The van der Waals surface area contributed by atoms with E-state index in [0.717, 1.165) is 15.0 Å². The minimum Gasteiger partial charge on any atom is -0.0784 e. The van der Waals surface area contributed by atoms with Gasteiger partial charge in [0.05, 0.1) is 0 Å². The van der Waals surface area contributed by atoms with Gasteiger partial charge >= 0.3 is 0 Å². The van der Waals surface area contributed by atoms with Crippen LogP contribution >= 0.6 is 40.4 Å². The summed E-state index contributed by atoms with van der Waals surface area (Å²) < 4.78 is -0.0969. The molecule has 0 aromatic heterocycles. The molecule has 0 bridgehead atoms. The standard InChI is InChI=1S/C19H15Br2P/c20-19(21)11-10-15-14-8-4-5-9-16(14)18(17(15)12-19)22-13-6-2-1-3-7-13/h1-11,18,22H,12H2. The van der Waals surface area contributed by atoms with Crippen molar-refractivity contribution in [3.63, 3.8) is 0 Å². The van der Waals surface area contributed by atoms with Gasteiger partial charge in [-0.2, -0.15) is 0 Å². The van der Waals surface area contributed by atoms with Gasteiger partial charge in [-0.1, -0.05) is 107 Å². The van der Waals surface area contributed by atoms with Crippen molar-refractivity contribution in [3.8, 4) is 0 Å². The molecule has 22 heavy (non-hydrogen) atoms. The number of allylic oxidation sites excluding steroid dienone is 4. The monoisotopic (exact) mass is 432 g/mol. The lowest BCUT2D eigenvalue weighted by atomic mass is 9.98.